The van der Waals surface area contributed by atoms with E-state index in [0.717, 1.165) is 36.1 Å². The van der Waals surface area contributed by atoms with E-state index in [9.17, 15) is 4.79 Å². The highest BCUT2D eigenvalue weighted by atomic mass is 32.2. The summed E-state index contributed by atoms with van der Waals surface area (Å²) in [5.74, 6) is 0.286. The molecule has 5 heteroatoms. The second-order valence-corrected chi connectivity index (χ2v) is 7.68. The van der Waals surface area contributed by atoms with Crippen LogP contribution in [0.1, 0.15) is 43.2 Å². The Hall–Kier alpha value is -2.06. The Kier molecular flexibility index (Phi) is 3.93. The minimum atomic E-state index is -0.0685. The van der Waals surface area contributed by atoms with Crippen molar-refractivity contribution in [3.8, 4) is 17.3 Å². The molecule has 4 nitrogen and oxygen atoms in total. The molecule has 24 heavy (non-hydrogen) atoms. The van der Waals surface area contributed by atoms with Crippen LogP contribution >= 0.6 is 11.8 Å². The first kappa shape index (κ1) is 15.5. The van der Waals surface area contributed by atoms with Gasteiger partial charge in [-0.1, -0.05) is 55.3 Å². The van der Waals surface area contributed by atoms with E-state index in [0.29, 0.717) is 5.16 Å². The van der Waals surface area contributed by atoms with Crippen LogP contribution in [0.25, 0.3) is 11.3 Å². The molecule has 0 bridgehead atoms. The van der Waals surface area contributed by atoms with Crippen molar-refractivity contribution in [2.45, 2.75) is 49.1 Å². The molecule has 122 valence electrons. The first-order valence-corrected chi connectivity index (χ1v) is 9.45. The molecule has 0 amide bonds. The van der Waals surface area contributed by atoms with Crippen molar-refractivity contribution in [1.82, 2.24) is 9.97 Å². The molecule has 1 heterocycles. The molecule has 4 rings (SSSR count). The molecule has 1 saturated carbocycles. The summed E-state index contributed by atoms with van der Waals surface area (Å²) in [6, 6.07) is 10.4. The summed E-state index contributed by atoms with van der Waals surface area (Å²) >= 11 is 1.29. The fraction of sp³-hybridized carbons (Fsp3) is 0.421. The minimum Gasteiger partial charge on any atom is -0.301 e. The van der Waals surface area contributed by atoms with Crippen LogP contribution in [0.2, 0.25) is 0 Å². The first-order chi connectivity index (χ1) is 11.7. The van der Waals surface area contributed by atoms with E-state index >= 15 is 0 Å². The molecule has 0 saturated heterocycles. The molecule has 0 unspecified atom stereocenters. The molecule has 2 aliphatic rings. The van der Waals surface area contributed by atoms with Gasteiger partial charge < -0.3 is 4.98 Å². The Labute approximate surface area is 145 Å². The van der Waals surface area contributed by atoms with Gasteiger partial charge in [0.2, 0.25) is 0 Å². The van der Waals surface area contributed by atoms with Crippen molar-refractivity contribution in [2.75, 3.05) is 5.75 Å². The number of aromatic amines is 1. The average molecular weight is 337 g/mol. The maximum atomic E-state index is 12.9. The van der Waals surface area contributed by atoms with Gasteiger partial charge in [0, 0.05) is 11.0 Å². The number of nitrogens with one attached hydrogen (secondary N) is 1. The third kappa shape index (κ3) is 2.46. The van der Waals surface area contributed by atoms with Gasteiger partial charge in [0.1, 0.15) is 0 Å². The lowest BCUT2D eigenvalue weighted by Gasteiger charge is -2.41. The van der Waals surface area contributed by atoms with Crippen LogP contribution in [0.5, 0.6) is 0 Å². The largest absolute Gasteiger partial charge is 0.301 e. The van der Waals surface area contributed by atoms with Gasteiger partial charge in [0.05, 0.1) is 23.1 Å². The second-order valence-electron chi connectivity index (χ2n) is 6.72. The highest BCUT2D eigenvalue weighted by Gasteiger charge is 2.42. The topological polar surface area (TPSA) is 69.5 Å². The van der Waals surface area contributed by atoms with E-state index in [-0.39, 0.29) is 16.7 Å². The Balaban J connectivity index is 1.93. The van der Waals surface area contributed by atoms with Crippen LogP contribution in [0.4, 0.5) is 0 Å². The molecule has 2 aliphatic carbocycles. The predicted octanol–water partition coefficient (Wildman–Crippen LogP) is 3.81. The molecular weight excluding hydrogens is 318 g/mol. The van der Waals surface area contributed by atoms with Gasteiger partial charge in [0.15, 0.2) is 5.16 Å². The lowest BCUT2D eigenvalue weighted by molar-refractivity contribution is 0.284. The Bertz CT molecular complexity index is 875. The number of benzene rings is 1. The number of H-pyrrole nitrogens is 1. The molecule has 0 aliphatic heterocycles. The zero-order valence-electron chi connectivity index (χ0n) is 13.5. The monoisotopic (exact) mass is 337 g/mol. The zero-order valence-corrected chi connectivity index (χ0v) is 14.3. The molecule has 1 aromatic carbocycles. The maximum Gasteiger partial charge on any atom is 0.255 e. The highest BCUT2D eigenvalue weighted by Crippen LogP contribution is 2.48. The number of nitriles is 1. The summed E-state index contributed by atoms with van der Waals surface area (Å²) in [5, 5.41) is 9.35. The van der Waals surface area contributed by atoms with Gasteiger partial charge in [-0.05, 0) is 24.8 Å². The third-order valence-electron chi connectivity index (χ3n) is 5.31. The van der Waals surface area contributed by atoms with Crippen LogP contribution in [0, 0.1) is 11.3 Å². The third-order valence-corrected chi connectivity index (χ3v) is 6.05. The summed E-state index contributed by atoms with van der Waals surface area (Å²) < 4.78 is 0. The average Bonchev–Trinajstić information content (AvgIpc) is 2.60. The van der Waals surface area contributed by atoms with Crippen molar-refractivity contribution in [2.24, 2.45) is 0 Å². The molecular formula is C19H19N3OS. The van der Waals surface area contributed by atoms with Crippen molar-refractivity contribution in [1.29, 1.82) is 5.26 Å². The number of rotatable bonds is 2. The number of hydrogen-bond donors (Lipinski definition) is 1. The van der Waals surface area contributed by atoms with Crippen LogP contribution in [0.3, 0.4) is 0 Å². The molecule has 1 aromatic heterocycles. The molecule has 0 atom stereocenters. The van der Waals surface area contributed by atoms with Gasteiger partial charge in [-0.25, -0.2) is 4.98 Å². The molecule has 0 radical (unpaired) electrons. The van der Waals surface area contributed by atoms with Gasteiger partial charge in [-0.3, -0.25) is 4.79 Å². The van der Waals surface area contributed by atoms with Gasteiger partial charge >= 0.3 is 0 Å². The molecule has 1 N–H and O–H groups in total. The van der Waals surface area contributed by atoms with Crippen molar-refractivity contribution in [3.05, 3.63) is 45.7 Å². The van der Waals surface area contributed by atoms with E-state index in [1.807, 2.05) is 6.07 Å². The second kappa shape index (κ2) is 6.10. The Morgan fingerprint density at radius 3 is 2.83 bits per heavy atom. The van der Waals surface area contributed by atoms with E-state index in [2.05, 4.69) is 29.3 Å². The Morgan fingerprint density at radius 2 is 2.04 bits per heavy atom. The van der Waals surface area contributed by atoms with Crippen LogP contribution in [-0.4, -0.2) is 15.7 Å². The number of hydrogen-bond acceptors (Lipinski definition) is 4. The maximum absolute atomic E-state index is 12.9. The van der Waals surface area contributed by atoms with E-state index in [4.69, 9.17) is 10.2 Å². The van der Waals surface area contributed by atoms with E-state index in [1.54, 1.807) is 0 Å². The summed E-state index contributed by atoms with van der Waals surface area (Å²) in [4.78, 5) is 20.6. The summed E-state index contributed by atoms with van der Waals surface area (Å²) in [6.07, 6.45) is 6.65. The SMILES string of the molecule is N#CCSc1nc2c(c(=O)[nH]1)C1(CCCCC1)Cc1ccccc1-2. The van der Waals surface area contributed by atoms with Crippen molar-refractivity contribution < 1.29 is 0 Å². The minimum absolute atomic E-state index is 0.0168. The molecule has 1 spiro atoms. The van der Waals surface area contributed by atoms with E-state index < -0.39 is 0 Å². The fourth-order valence-corrected chi connectivity index (χ4v) is 4.84. The number of aromatic nitrogens is 2. The zero-order chi connectivity index (χ0) is 16.6. The number of thioether (sulfide) groups is 1. The molecule has 1 fully saturated rings. The standard InChI is InChI=1S/C19H19N3OS/c20-10-11-24-18-21-16-14-7-3-2-6-13(14)12-19(8-4-1-5-9-19)15(16)17(23)22-18/h2-3,6-7H,1,4-5,8-9,11-12H2,(H,21,22,23). The van der Waals surface area contributed by atoms with Crippen LogP contribution < -0.4 is 5.56 Å². The predicted molar refractivity (Wildman–Crippen MR) is 95.1 cm³/mol. The van der Waals surface area contributed by atoms with Gasteiger partial charge in [-0.2, -0.15) is 5.26 Å². The first-order valence-electron chi connectivity index (χ1n) is 8.46. The Morgan fingerprint density at radius 1 is 1.25 bits per heavy atom. The lowest BCUT2D eigenvalue weighted by Crippen LogP contribution is -2.40. The molecule has 2 aromatic rings. The lowest BCUT2D eigenvalue weighted by atomic mass is 9.62. The normalized spacial score (nSPS) is 17.8. The van der Waals surface area contributed by atoms with Crippen LogP contribution in [-0.2, 0) is 11.8 Å². The van der Waals surface area contributed by atoms with E-state index in [1.165, 1.54) is 36.6 Å². The summed E-state index contributed by atoms with van der Waals surface area (Å²) in [5.41, 5.74) is 4.00. The number of nitrogens with zero attached hydrogens (tertiary/aromatic N) is 2. The smallest absolute Gasteiger partial charge is 0.255 e. The quantitative estimate of drug-likeness (QED) is 0.668. The van der Waals surface area contributed by atoms with Crippen molar-refractivity contribution in [3.63, 3.8) is 0 Å². The van der Waals surface area contributed by atoms with Gasteiger partial charge in [0.25, 0.3) is 5.56 Å². The fourth-order valence-electron chi connectivity index (χ4n) is 4.32. The van der Waals surface area contributed by atoms with Crippen LogP contribution in [0.15, 0.2) is 34.2 Å². The van der Waals surface area contributed by atoms with Crippen molar-refractivity contribution >= 4 is 11.8 Å². The summed E-state index contributed by atoms with van der Waals surface area (Å²) in [6.45, 7) is 0. The summed E-state index contributed by atoms with van der Waals surface area (Å²) in [7, 11) is 0. The van der Waals surface area contributed by atoms with Gasteiger partial charge in [-0.15, -0.1) is 0 Å². The number of fused-ring (bicyclic) bond motifs is 4. The highest BCUT2D eigenvalue weighted by molar-refractivity contribution is 7.99.